The van der Waals surface area contributed by atoms with E-state index in [2.05, 4.69) is 0 Å². The van der Waals surface area contributed by atoms with Crippen LogP contribution in [0.5, 0.6) is 11.5 Å². The molecule has 24 heavy (non-hydrogen) atoms. The van der Waals surface area contributed by atoms with E-state index in [1.54, 1.807) is 21.1 Å². The second-order valence-electron chi connectivity index (χ2n) is 6.02. The van der Waals surface area contributed by atoms with E-state index in [1.165, 1.54) is 0 Å². The predicted octanol–water partition coefficient (Wildman–Crippen LogP) is 3.07. The number of fused-ring (bicyclic) bond motifs is 1. The van der Waals surface area contributed by atoms with E-state index < -0.39 is 0 Å². The van der Waals surface area contributed by atoms with Crippen molar-refractivity contribution in [2.24, 2.45) is 11.8 Å². The van der Waals surface area contributed by atoms with Crippen molar-refractivity contribution in [2.45, 2.75) is 13.3 Å². The molecule has 3 rings (SSSR count). The Kier molecular flexibility index (Phi) is 4.38. The molecule has 4 heteroatoms. The number of allylic oxidation sites excluding steroid dienone is 6. The molecule has 1 aromatic rings. The molecule has 0 bridgehead atoms. The van der Waals surface area contributed by atoms with Crippen molar-refractivity contribution in [3.63, 3.8) is 0 Å². The van der Waals surface area contributed by atoms with Gasteiger partial charge in [-0.1, -0.05) is 30.4 Å². The fourth-order valence-corrected chi connectivity index (χ4v) is 3.31. The molecular weight excluding hydrogens is 304 g/mol. The summed E-state index contributed by atoms with van der Waals surface area (Å²) in [5.74, 6) is 0.598. The number of carbonyl (C=O) groups is 2. The van der Waals surface area contributed by atoms with Crippen molar-refractivity contribution >= 4 is 11.6 Å². The van der Waals surface area contributed by atoms with Crippen LogP contribution in [-0.2, 0) is 16.0 Å². The third-order valence-electron chi connectivity index (χ3n) is 4.69. The number of methoxy groups -OCH3 is 2. The molecule has 0 fully saturated rings. The van der Waals surface area contributed by atoms with Gasteiger partial charge in [0.2, 0.25) is 0 Å². The Morgan fingerprint density at radius 1 is 0.917 bits per heavy atom. The summed E-state index contributed by atoms with van der Waals surface area (Å²) >= 11 is 0. The lowest BCUT2D eigenvalue weighted by Crippen LogP contribution is -2.36. The molecule has 0 heterocycles. The average molecular weight is 324 g/mol. The van der Waals surface area contributed by atoms with Gasteiger partial charge >= 0.3 is 0 Å². The van der Waals surface area contributed by atoms with Gasteiger partial charge in [-0.15, -0.1) is 0 Å². The summed E-state index contributed by atoms with van der Waals surface area (Å²) in [4.78, 5) is 25.4. The van der Waals surface area contributed by atoms with Crippen LogP contribution in [0.2, 0.25) is 0 Å². The van der Waals surface area contributed by atoms with E-state index >= 15 is 0 Å². The van der Waals surface area contributed by atoms with Crippen LogP contribution >= 0.6 is 0 Å². The molecule has 124 valence electrons. The zero-order valence-electron chi connectivity index (χ0n) is 14.0. The van der Waals surface area contributed by atoms with Crippen molar-refractivity contribution in [3.8, 4) is 11.5 Å². The molecule has 2 aliphatic carbocycles. The zero-order valence-corrected chi connectivity index (χ0v) is 14.0. The summed E-state index contributed by atoms with van der Waals surface area (Å²) in [6.07, 6.45) is 7.73. The minimum absolute atomic E-state index is 0.0347. The topological polar surface area (TPSA) is 52.6 Å². The minimum atomic E-state index is -0.374. The number of rotatable bonds is 4. The van der Waals surface area contributed by atoms with Gasteiger partial charge in [0, 0.05) is 12.0 Å². The van der Waals surface area contributed by atoms with Crippen LogP contribution in [0.15, 0.2) is 53.6 Å². The number of hydrogen-bond donors (Lipinski definition) is 0. The molecule has 0 saturated carbocycles. The molecule has 0 saturated heterocycles. The molecule has 0 aliphatic heterocycles. The maximum absolute atomic E-state index is 12.8. The van der Waals surface area contributed by atoms with Crippen LogP contribution in [0.25, 0.3) is 0 Å². The first-order chi connectivity index (χ1) is 11.6. The van der Waals surface area contributed by atoms with E-state index in [4.69, 9.17) is 9.47 Å². The maximum Gasteiger partial charge on any atom is 0.167 e. The van der Waals surface area contributed by atoms with Crippen molar-refractivity contribution in [2.75, 3.05) is 14.2 Å². The maximum atomic E-state index is 12.8. The van der Waals surface area contributed by atoms with Gasteiger partial charge in [-0.2, -0.15) is 0 Å². The Labute approximate surface area is 141 Å². The highest BCUT2D eigenvalue weighted by Gasteiger charge is 2.39. The van der Waals surface area contributed by atoms with Crippen molar-refractivity contribution in [1.29, 1.82) is 0 Å². The number of hydrogen-bond acceptors (Lipinski definition) is 4. The predicted molar refractivity (Wildman–Crippen MR) is 91.2 cm³/mol. The molecule has 0 aromatic heterocycles. The molecule has 0 radical (unpaired) electrons. The number of benzene rings is 1. The first-order valence-electron chi connectivity index (χ1n) is 7.91. The second-order valence-corrected chi connectivity index (χ2v) is 6.02. The van der Waals surface area contributed by atoms with Gasteiger partial charge in [-0.25, -0.2) is 0 Å². The zero-order chi connectivity index (χ0) is 17.3. The summed E-state index contributed by atoms with van der Waals surface area (Å²) in [7, 11) is 3.15. The SMILES string of the molecule is COc1ccc(CC2=C(C)C(=O)C3C=CC=CC3C2=O)cc1OC. The van der Waals surface area contributed by atoms with E-state index in [0.29, 0.717) is 29.1 Å². The van der Waals surface area contributed by atoms with Crippen LogP contribution < -0.4 is 9.47 Å². The highest BCUT2D eigenvalue weighted by Crippen LogP contribution is 2.35. The first-order valence-corrected chi connectivity index (χ1v) is 7.91. The van der Waals surface area contributed by atoms with Gasteiger partial charge in [0.1, 0.15) is 0 Å². The fraction of sp³-hybridized carbons (Fsp3) is 0.300. The third kappa shape index (κ3) is 2.68. The Morgan fingerprint density at radius 3 is 2.17 bits per heavy atom. The Bertz CT molecular complexity index is 783. The molecule has 4 nitrogen and oxygen atoms in total. The van der Waals surface area contributed by atoms with Crippen molar-refractivity contribution in [3.05, 3.63) is 59.2 Å². The van der Waals surface area contributed by atoms with Gasteiger partial charge in [0.25, 0.3) is 0 Å². The minimum Gasteiger partial charge on any atom is -0.493 e. The molecule has 0 amide bonds. The van der Waals surface area contributed by atoms with Gasteiger partial charge in [0.05, 0.1) is 26.1 Å². The summed E-state index contributed by atoms with van der Waals surface area (Å²) in [6.45, 7) is 1.75. The summed E-state index contributed by atoms with van der Waals surface area (Å²) < 4.78 is 10.5. The van der Waals surface area contributed by atoms with E-state index in [0.717, 1.165) is 5.56 Å². The Hall–Kier alpha value is -2.62. The third-order valence-corrected chi connectivity index (χ3v) is 4.69. The highest BCUT2D eigenvalue weighted by atomic mass is 16.5. The Morgan fingerprint density at radius 2 is 1.54 bits per heavy atom. The monoisotopic (exact) mass is 324 g/mol. The number of Topliss-reactive ketones (excluding diaryl/α,β-unsaturated/α-hetero) is 2. The standard InChI is InChI=1S/C20H20O4/c1-12-16(10-13-8-9-17(23-2)18(11-13)24-3)20(22)15-7-5-4-6-14(15)19(12)21/h4-9,11,14-15H,10H2,1-3H3. The van der Waals surface area contributed by atoms with Gasteiger partial charge in [0.15, 0.2) is 23.1 Å². The normalized spacial score (nSPS) is 22.6. The van der Waals surface area contributed by atoms with Crippen LogP contribution in [0.4, 0.5) is 0 Å². The van der Waals surface area contributed by atoms with Crippen LogP contribution in [0.1, 0.15) is 12.5 Å². The van der Waals surface area contributed by atoms with Crippen LogP contribution in [-0.4, -0.2) is 25.8 Å². The lowest BCUT2D eigenvalue weighted by Gasteiger charge is -2.29. The number of ether oxygens (including phenoxy) is 2. The van der Waals surface area contributed by atoms with Gasteiger partial charge < -0.3 is 9.47 Å². The van der Waals surface area contributed by atoms with Gasteiger partial charge in [-0.05, 0) is 30.2 Å². The molecule has 2 atom stereocenters. The average Bonchev–Trinajstić information content (AvgIpc) is 2.63. The second kappa shape index (κ2) is 6.48. The van der Waals surface area contributed by atoms with E-state index in [1.807, 2.05) is 42.5 Å². The summed E-state index contributed by atoms with van der Waals surface area (Å²) in [6, 6.07) is 5.55. The van der Waals surface area contributed by atoms with Crippen LogP contribution in [0.3, 0.4) is 0 Å². The number of ketones is 2. The molecule has 2 unspecified atom stereocenters. The first kappa shape index (κ1) is 16.2. The quantitative estimate of drug-likeness (QED) is 0.854. The molecule has 0 N–H and O–H groups in total. The van der Waals surface area contributed by atoms with E-state index in [-0.39, 0.29) is 23.4 Å². The molecule has 1 aromatic carbocycles. The largest absolute Gasteiger partial charge is 0.493 e. The van der Waals surface area contributed by atoms with Crippen LogP contribution in [0, 0.1) is 11.8 Å². The Balaban J connectivity index is 1.95. The smallest absolute Gasteiger partial charge is 0.167 e. The molecular formula is C20H20O4. The van der Waals surface area contributed by atoms with E-state index in [9.17, 15) is 9.59 Å². The van der Waals surface area contributed by atoms with Crippen molar-refractivity contribution in [1.82, 2.24) is 0 Å². The lowest BCUT2D eigenvalue weighted by molar-refractivity contribution is -0.127. The summed E-state index contributed by atoms with van der Waals surface area (Å²) in [5, 5.41) is 0. The number of carbonyl (C=O) groups excluding carboxylic acids is 2. The highest BCUT2D eigenvalue weighted by molar-refractivity contribution is 6.15. The summed E-state index contributed by atoms with van der Waals surface area (Å²) in [5.41, 5.74) is 2.07. The van der Waals surface area contributed by atoms with Gasteiger partial charge in [-0.3, -0.25) is 9.59 Å². The molecule has 0 spiro atoms. The fourth-order valence-electron chi connectivity index (χ4n) is 3.31. The molecule has 2 aliphatic rings. The lowest BCUT2D eigenvalue weighted by atomic mass is 9.71. The van der Waals surface area contributed by atoms with Crippen molar-refractivity contribution < 1.29 is 19.1 Å².